The number of ether oxygens (including phenoxy) is 1. The third kappa shape index (κ3) is 3.74. The van der Waals surface area contributed by atoms with Gasteiger partial charge < -0.3 is 10.5 Å². The number of nitrogen functional groups attached to an aromatic ring is 1. The molecule has 6 heteroatoms. The van der Waals surface area contributed by atoms with Crippen molar-refractivity contribution in [1.29, 1.82) is 0 Å². The Balaban J connectivity index is 1.69. The predicted molar refractivity (Wildman–Crippen MR) is 116 cm³/mol. The average molecular weight is 386 g/mol. The van der Waals surface area contributed by atoms with Crippen LogP contribution in [-0.2, 0) is 19.4 Å². The molecule has 2 aromatic heterocycles. The summed E-state index contributed by atoms with van der Waals surface area (Å²) in [7, 11) is 1.68. The van der Waals surface area contributed by atoms with Crippen LogP contribution in [0.3, 0.4) is 0 Å². The highest BCUT2D eigenvalue weighted by atomic mass is 16.5. The summed E-state index contributed by atoms with van der Waals surface area (Å²) < 4.78 is 5.29. The van der Waals surface area contributed by atoms with Gasteiger partial charge in [-0.15, -0.1) is 0 Å². The largest absolute Gasteiger partial charge is 0.497 e. The molecule has 0 aliphatic rings. The van der Waals surface area contributed by atoms with Crippen LogP contribution in [0.4, 0.5) is 5.82 Å². The fourth-order valence-electron chi connectivity index (χ4n) is 3.66. The van der Waals surface area contributed by atoms with E-state index >= 15 is 0 Å². The molecule has 0 saturated heterocycles. The van der Waals surface area contributed by atoms with Crippen LogP contribution in [0, 0.1) is 11.8 Å². The Kier molecular flexibility index (Phi) is 5.08. The van der Waals surface area contributed by atoms with Gasteiger partial charge in [-0.05, 0) is 66.3 Å². The molecule has 0 fully saturated rings. The number of anilines is 1. The fraction of sp³-hybridized carbons (Fsp3) is 0.217. The Morgan fingerprint density at radius 1 is 1.03 bits per heavy atom. The van der Waals surface area contributed by atoms with Crippen LogP contribution in [0.25, 0.3) is 21.8 Å². The summed E-state index contributed by atoms with van der Waals surface area (Å²) in [5.41, 5.74) is 12.0. The zero-order chi connectivity index (χ0) is 20.4. The number of nitroso groups, excluding NO2 is 1. The number of benzene rings is 2. The van der Waals surface area contributed by atoms with Crippen molar-refractivity contribution in [2.75, 3.05) is 12.8 Å². The third-order valence-corrected chi connectivity index (χ3v) is 5.26. The number of hydrogen-bond acceptors (Lipinski definition) is 6. The van der Waals surface area contributed by atoms with Gasteiger partial charge in [0, 0.05) is 17.0 Å². The van der Waals surface area contributed by atoms with Crippen molar-refractivity contribution in [3.05, 3.63) is 75.8 Å². The summed E-state index contributed by atoms with van der Waals surface area (Å²) in [4.78, 5) is 19.6. The van der Waals surface area contributed by atoms with Gasteiger partial charge in [0.2, 0.25) is 0 Å². The highest BCUT2D eigenvalue weighted by Gasteiger charge is 2.10. The summed E-state index contributed by atoms with van der Waals surface area (Å²) in [5.74, 6) is 1.26. The summed E-state index contributed by atoms with van der Waals surface area (Å²) in [6, 6.07) is 14.0. The summed E-state index contributed by atoms with van der Waals surface area (Å²) in [6.07, 6.45) is 3.65. The maximum absolute atomic E-state index is 10.6. The van der Waals surface area contributed by atoms with Crippen LogP contribution in [0.1, 0.15) is 22.3 Å². The maximum Gasteiger partial charge on any atom is 0.150 e. The van der Waals surface area contributed by atoms with Crippen LogP contribution in [0.15, 0.2) is 53.8 Å². The van der Waals surface area contributed by atoms with Gasteiger partial charge in [-0.1, -0.05) is 23.4 Å². The monoisotopic (exact) mass is 386 g/mol. The molecule has 0 saturated carbocycles. The minimum absolute atomic E-state index is 0.120. The molecule has 6 nitrogen and oxygen atoms in total. The number of methoxy groups -OCH3 is 1. The average Bonchev–Trinajstić information content (AvgIpc) is 2.73. The number of pyridine rings is 2. The van der Waals surface area contributed by atoms with E-state index in [0.717, 1.165) is 46.0 Å². The Hall–Kier alpha value is -3.54. The molecule has 0 unspecified atom stereocenters. The zero-order valence-corrected chi connectivity index (χ0v) is 16.5. The number of fused-ring (bicyclic) bond motifs is 3. The maximum atomic E-state index is 10.6. The van der Waals surface area contributed by atoms with Gasteiger partial charge in [0.1, 0.15) is 17.8 Å². The molecular formula is C23H22N4O2. The van der Waals surface area contributed by atoms with Gasteiger partial charge in [-0.25, -0.2) is 4.98 Å². The lowest BCUT2D eigenvalue weighted by Gasteiger charge is -2.10. The van der Waals surface area contributed by atoms with E-state index in [1.54, 1.807) is 7.11 Å². The summed E-state index contributed by atoms with van der Waals surface area (Å²) in [6.45, 7) is 2.22. The van der Waals surface area contributed by atoms with Crippen LogP contribution in [-0.4, -0.2) is 17.1 Å². The van der Waals surface area contributed by atoms with Crippen molar-refractivity contribution in [2.45, 2.75) is 26.3 Å². The van der Waals surface area contributed by atoms with Gasteiger partial charge in [0.25, 0.3) is 0 Å². The molecule has 0 radical (unpaired) electrons. The quantitative estimate of drug-likeness (QED) is 0.382. The van der Waals surface area contributed by atoms with Crippen molar-refractivity contribution in [1.82, 2.24) is 9.97 Å². The molecule has 4 aromatic rings. The van der Waals surface area contributed by atoms with E-state index in [9.17, 15) is 4.91 Å². The second kappa shape index (κ2) is 7.83. The minimum atomic E-state index is 0.120. The predicted octanol–water partition coefficient (Wildman–Crippen LogP) is 4.73. The zero-order valence-electron chi connectivity index (χ0n) is 16.5. The van der Waals surface area contributed by atoms with Gasteiger partial charge in [0.05, 0.1) is 12.6 Å². The molecule has 0 aliphatic heterocycles. The van der Waals surface area contributed by atoms with Crippen LogP contribution >= 0.6 is 0 Å². The van der Waals surface area contributed by atoms with E-state index < -0.39 is 0 Å². The molecule has 29 heavy (non-hydrogen) atoms. The van der Waals surface area contributed by atoms with E-state index in [4.69, 9.17) is 10.5 Å². The molecule has 0 aliphatic carbocycles. The molecule has 0 spiro atoms. The fourth-order valence-corrected chi connectivity index (χ4v) is 3.66. The minimum Gasteiger partial charge on any atom is -0.497 e. The van der Waals surface area contributed by atoms with Crippen molar-refractivity contribution in [2.24, 2.45) is 5.18 Å². The van der Waals surface area contributed by atoms with Gasteiger partial charge in [-0.2, -0.15) is 4.91 Å². The van der Waals surface area contributed by atoms with Gasteiger partial charge in [0.15, 0.2) is 5.82 Å². The van der Waals surface area contributed by atoms with E-state index in [1.807, 2.05) is 30.5 Å². The Labute approximate surface area is 168 Å². The molecule has 0 atom stereocenters. The summed E-state index contributed by atoms with van der Waals surface area (Å²) in [5, 5.41) is 4.90. The van der Waals surface area contributed by atoms with Crippen molar-refractivity contribution >= 4 is 27.6 Å². The van der Waals surface area contributed by atoms with Crippen LogP contribution in [0.2, 0.25) is 0 Å². The number of aryl methyl sites for hydroxylation is 3. The standard InChI is InChI=1S/C23H22N4O2/c1-14-9-18(29-2)7-6-17(14)5-3-15-10-20-19-8-4-16(13-26-28)11-21(19)27-23(24)22(20)25-12-15/h4,6-12H,3,5,13H2,1-2H3,(H2,24,27). The van der Waals surface area contributed by atoms with Gasteiger partial charge in [-0.3, -0.25) is 4.98 Å². The molecule has 2 aromatic carbocycles. The first-order chi connectivity index (χ1) is 14.1. The highest BCUT2D eigenvalue weighted by molar-refractivity contribution is 6.08. The lowest BCUT2D eigenvalue weighted by atomic mass is 9.99. The van der Waals surface area contributed by atoms with E-state index in [-0.39, 0.29) is 6.54 Å². The SMILES string of the molecule is COc1ccc(CCc2cnc3c(N)nc4cc(CN=O)ccc4c3c2)c(C)c1. The number of nitrogens with two attached hydrogens (primary N) is 1. The number of nitrogens with zero attached hydrogens (tertiary/aromatic N) is 3. The van der Waals surface area contributed by atoms with Crippen LogP contribution < -0.4 is 10.5 Å². The molecule has 0 bridgehead atoms. The molecule has 2 heterocycles. The van der Waals surface area contributed by atoms with Crippen LogP contribution in [0.5, 0.6) is 5.75 Å². The first-order valence-electron chi connectivity index (χ1n) is 9.48. The van der Waals surface area contributed by atoms with E-state index in [0.29, 0.717) is 11.3 Å². The second-order valence-corrected chi connectivity index (χ2v) is 7.17. The second-order valence-electron chi connectivity index (χ2n) is 7.17. The molecule has 0 amide bonds. The molecule has 4 rings (SSSR count). The number of aromatic nitrogens is 2. The smallest absolute Gasteiger partial charge is 0.150 e. The molecule has 2 N–H and O–H groups in total. The van der Waals surface area contributed by atoms with Crippen molar-refractivity contribution < 1.29 is 4.74 Å². The number of rotatable bonds is 6. The summed E-state index contributed by atoms with van der Waals surface area (Å²) >= 11 is 0. The Bertz CT molecular complexity index is 1220. The van der Waals surface area contributed by atoms with Crippen molar-refractivity contribution in [3.8, 4) is 5.75 Å². The van der Waals surface area contributed by atoms with Gasteiger partial charge >= 0.3 is 0 Å². The lowest BCUT2D eigenvalue weighted by Crippen LogP contribution is -1.99. The Morgan fingerprint density at radius 2 is 1.90 bits per heavy atom. The first-order valence-corrected chi connectivity index (χ1v) is 9.48. The van der Waals surface area contributed by atoms with E-state index in [1.165, 1.54) is 11.1 Å². The Morgan fingerprint density at radius 3 is 2.66 bits per heavy atom. The topological polar surface area (TPSA) is 90.5 Å². The third-order valence-electron chi connectivity index (χ3n) is 5.26. The molecular weight excluding hydrogens is 364 g/mol. The van der Waals surface area contributed by atoms with E-state index in [2.05, 4.69) is 40.3 Å². The highest BCUT2D eigenvalue weighted by Crippen LogP contribution is 2.28. The van der Waals surface area contributed by atoms with Crippen molar-refractivity contribution in [3.63, 3.8) is 0 Å². The molecule has 146 valence electrons. The lowest BCUT2D eigenvalue weighted by molar-refractivity contribution is 0.414. The normalized spacial score (nSPS) is 11.1. The number of hydrogen-bond donors (Lipinski definition) is 1. The first kappa shape index (κ1) is 18.8.